The van der Waals surface area contributed by atoms with Gasteiger partial charge in [-0.2, -0.15) is 5.26 Å². The largest absolute Gasteiger partial charge is 0.494 e. The molecule has 0 radical (unpaired) electrons. The van der Waals surface area contributed by atoms with Crippen LogP contribution in [-0.4, -0.2) is 59.2 Å². The third-order valence-electron chi connectivity index (χ3n) is 6.17. The van der Waals surface area contributed by atoms with Crippen molar-refractivity contribution in [1.29, 1.82) is 5.26 Å². The number of ether oxygens (including phenoxy) is 3. The van der Waals surface area contributed by atoms with Gasteiger partial charge in [0.15, 0.2) is 5.82 Å². The molecule has 1 aliphatic heterocycles. The predicted molar refractivity (Wildman–Crippen MR) is 130 cm³/mol. The molecule has 1 fully saturated rings. The Hall–Kier alpha value is -3.76. The van der Waals surface area contributed by atoms with Crippen molar-refractivity contribution in [3.8, 4) is 23.3 Å². The number of hydrogen-bond acceptors (Lipinski definition) is 10. The third kappa shape index (κ3) is 4.82. The molecule has 4 rings (SSSR count). The van der Waals surface area contributed by atoms with Crippen LogP contribution in [0, 0.1) is 11.3 Å². The molecule has 0 amide bonds. The molecule has 0 saturated carbocycles. The molecule has 1 aliphatic rings. The number of anilines is 1. The quantitative estimate of drug-likeness (QED) is 0.451. The van der Waals surface area contributed by atoms with Crippen LogP contribution in [0.4, 0.5) is 5.95 Å². The Kier molecular flexibility index (Phi) is 7.37. The number of nitrogens with zero attached hydrogens (tertiary/aromatic N) is 6. The highest BCUT2D eigenvalue weighted by Gasteiger charge is 2.34. The van der Waals surface area contributed by atoms with E-state index in [4.69, 9.17) is 19.5 Å². The molecule has 2 aromatic heterocycles. The van der Waals surface area contributed by atoms with Crippen molar-refractivity contribution in [2.45, 2.75) is 44.0 Å². The Labute approximate surface area is 209 Å². The summed E-state index contributed by atoms with van der Waals surface area (Å²) in [5, 5.41) is 16.5. The van der Waals surface area contributed by atoms with Gasteiger partial charge in [-0.1, -0.05) is 13.0 Å². The van der Waals surface area contributed by atoms with E-state index in [2.05, 4.69) is 24.9 Å². The van der Waals surface area contributed by atoms with E-state index in [1.54, 1.807) is 36.6 Å². The van der Waals surface area contributed by atoms with Gasteiger partial charge in [0, 0.05) is 24.9 Å². The number of nitrogens with one attached hydrogen (secondary N) is 1. The smallest absolute Gasteiger partial charge is 0.243 e. The van der Waals surface area contributed by atoms with Crippen molar-refractivity contribution in [2.24, 2.45) is 0 Å². The van der Waals surface area contributed by atoms with E-state index in [0.717, 1.165) is 6.42 Å². The maximum Gasteiger partial charge on any atom is 0.243 e. The van der Waals surface area contributed by atoms with Gasteiger partial charge in [0.05, 0.1) is 25.0 Å². The van der Waals surface area contributed by atoms with Gasteiger partial charge in [-0.15, -0.1) is 10.2 Å². The second-order valence-corrected chi connectivity index (χ2v) is 10.4. The molecule has 12 nitrogen and oxygen atoms in total. The zero-order chi connectivity index (χ0) is 25.9. The minimum atomic E-state index is -4.00. The van der Waals surface area contributed by atoms with Gasteiger partial charge in [-0.3, -0.25) is 9.29 Å². The number of sulfonamides is 1. The molecule has 3 aromatic rings. The van der Waals surface area contributed by atoms with Gasteiger partial charge < -0.3 is 14.2 Å². The van der Waals surface area contributed by atoms with E-state index in [0.29, 0.717) is 47.4 Å². The number of para-hydroxylation sites is 1. The number of methoxy groups -OCH3 is 2. The highest BCUT2D eigenvalue weighted by Crippen LogP contribution is 2.39. The zero-order valence-electron chi connectivity index (χ0n) is 20.4. The average Bonchev–Trinajstić information content (AvgIpc) is 3.57. The minimum absolute atomic E-state index is 0.0249. The third-order valence-corrected chi connectivity index (χ3v) is 8.02. The second kappa shape index (κ2) is 10.5. The Morgan fingerprint density at radius 3 is 2.39 bits per heavy atom. The van der Waals surface area contributed by atoms with E-state index in [1.165, 1.54) is 26.6 Å². The molecule has 36 heavy (non-hydrogen) atoms. The molecule has 13 heteroatoms. The summed E-state index contributed by atoms with van der Waals surface area (Å²) in [5.41, 5.74) is 0.743. The summed E-state index contributed by atoms with van der Waals surface area (Å²) in [5.74, 6) is 1.03. The number of benzene rings is 1. The van der Waals surface area contributed by atoms with Gasteiger partial charge in [0.1, 0.15) is 35.2 Å². The van der Waals surface area contributed by atoms with Crippen LogP contribution in [0.2, 0.25) is 0 Å². The van der Waals surface area contributed by atoms with Gasteiger partial charge in [0.2, 0.25) is 16.0 Å². The van der Waals surface area contributed by atoms with E-state index >= 15 is 0 Å². The van der Waals surface area contributed by atoms with Gasteiger partial charge in [-0.05, 0) is 31.9 Å². The van der Waals surface area contributed by atoms with E-state index < -0.39 is 21.2 Å². The zero-order valence-corrected chi connectivity index (χ0v) is 21.2. The topological polar surface area (TPSA) is 154 Å². The van der Waals surface area contributed by atoms with Crippen molar-refractivity contribution in [3.63, 3.8) is 0 Å². The van der Waals surface area contributed by atoms with Crippen molar-refractivity contribution in [2.75, 3.05) is 25.5 Å². The van der Waals surface area contributed by atoms with Crippen LogP contribution in [-0.2, 0) is 14.8 Å². The first-order chi connectivity index (χ1) is 17.3. The molecular weight excluding hydrogens is 486 g/mol. The fraction of sp³-hybridized carbons (Fsp3) is 0.435. The summed E-state index contributed by atoms with van der Waals surface area (Å²) in [6, 6.07) is 7.19. The van der Waals surface area contributed by atoms with Gasteiger partial charge in [-0.25, -0.2) is 18.4 Å². The normalized spacial score (nSPS) is 17.2. The molecule has 190 valence electrons. The number of hydrogen-bond donors (Lipinski definition) is 1. The lowest BCUT2D eigenvalue weighted by Gasteiger charge is -2.22. The summed E-state index contributed by atoms with van der Waals surface area (Å²) in [7, 11) is -0.970. The van der Waals surface area contributed by atoms with E-state index in [-0.39, 0.29) is 12.1 Å². The van der Waals surface area contributed by atoms with Crippen LogP contribution in [0.1, 0.15) is 55.9 Å². The fourth-order valence-corrected chi connectivity index (χ4v) is 5.19. The summed E-state index contributed by atoms with van der Waals surface area (Å²) in [6.45, 7) is 3.83. The summed E-state index contributed by atoms with van der Waals surface area (Å²) >= 11 is 0. The van der Waals surface area contributed by atoms with E-state index in [9.17, 15) is 8.42 Å². The molecule has 3 heterocycles. The van der Waals surface area contributed by atoms with Crippen LogP contribution in [0.15, 0.2) is 30.6 Å². The number of nitriles is 1. The molecule has 1 N–H and O–H groups in total. The molecule has 0 bridgehead atoms. The summed E-state index contributed by atoms with van der Waals surface area (Å²) in [6.07, 6.45) is 3.93. The van der Waals surface area contributed by atoms with Crippen LogP contribution in [0.3, 0.4) is 0 Å². The lowest BCUT2D eigenvalue weighted by molar-refractivity contribution is 0.103. The fourth-order valence-electron chi connectivity index (χ4n) is 3.95. The number of aromatic nitrogens is 5. The molecule has 1 aromatic carbocycles. The lowest BCUT2D eigenvalue weighted by atomic mass is 10.1. The first-order valence-electron chi connectivity index (χ1n) is 11.3. The van der Waals surface area contributed by atoms with Crippen LogP contribution >= 0.6 is 0 Å². The summed E-state index contributed by atoms with van der Waals surface area (Å²) < 4.78 is 48.1. The van der Waals surface area contributed by atoms with Crippen molar-refractivity contribution in [1.82, 2.24) is 24.7 Å². The average molecular weight is 514 g/mol. The molecule has 0 spiro atoms. The molecule has 1 saturated heterocycles. The van der Waals surface area contributed by atoms with Gasteiger partial charge in [0.25, 0.3) is 0 Å². The first-order valence-corrected chi connectivity index (χ1v) is 12.9. The maximum atomic E-state index is 13.5. The van der Waals surface area contributed by atoms with E-state index in [1.807, 2.05) is 6.07 Å². The highest BCUT2D eigenvalue weighted by atomic mass is 32.2. The SMILES string of the molecule is COc1cccc(OC)c1-n1c(NS(=O)(=O)C(C)C(C)c2ncc(C#N)cn2)nnc1[C@@H]1CCCO1. The molecule has 2 unspecified atom stereocenters. The van der Waals surface area contributed by atoms with Crippen LogP contribution in [0.25, 0.3) is 5.69 Å². The van der Waals surface area contributed by atoms with Crippen molar-refractivity contribution < 1.29 is 22.6 Å². The standard InChI is InChI=1S/C23H27N7O5S/c1-14(21-25-12-16(11-24)13-26-21)15(2)36(31,32)29-23-28-27-22(19-9-6-10-35-19)30(23)20-17(33-3)7-5-8-18(20)34-4/h5,7-8,12-15,19H,6,9-10H2,1-4H3,(H,28,29)/t14?,15?,19-/m0/s1. The highest BCUT2D eigenvalue weighted by molar-refractivity contribution is 7.93. The Bertz CT molecular complexity index is 1340. The first kappa shape index (κ1) is 25.3. The molecular formula is C23H27N7O5S. The van der Waals surface area contributed by atoms with Crippen molar-refractivity contribution >= 4 is 16.0 Å². The number of rotatable bonds is 9. The Morgan fingerprint density at radius 1 is 1.17 bits per heavy atom. The summed E-state index contributed by atoms with van der Waals surface area (Å²) in [4.78, 5) is 8.30. The molecule has 0 aliphatic carbocycles. The molecule has 3 atom stereocenters. The monoisotopic (exact) mass is 513 g/mol. The van der Waals surface area contributed by atoms with Crippen molar-refractivity contribution in [3.05, 3.63) is 47.8 Å². The predicted octanol–water partition coefficient (Wildman–Crippen LogP) is 2.73. The Morgan fingerprint density at radius 2 is 1.83 bits per heavy atom. The minimum Gasteiger partial charge on any atom is -0.494 e. The Balaban J connectivity index is 1.75. The second-order valence-electron chi connectivity index (χ2n) is 8.31. The lowest BCUT2D eigenvalue weighted by Crippen LogP contribution is -2.31. The van der Waals surface area contributed by atoms with Crippen LogP contribution < -0.4 is 14.2 Å². The van der Waals surface area contributed by atoms with Gasteiger partial charge >= 0.3 is 0 Å². The van der Waals surface area contributed by atoms with Crippen LogP contribution in [0.5, 0.6) is 11.5 Å². The maximum absolute atomic E-state index is 13.5.